The number of piperidine rings is 1. The van der Waals surface area contributed by atoms with E-state index in [1.54, 1.807) is 5.57 Å². The average molecular weight is 437 g/mol. The molecule has 0 N–H and O–H groups in total. The molecule has 3 heterocycles. The van der Waals surface area contributed by atoms with E-state index in [4.69, 9.17) is 4.99 Å². The zero-order valence-electron chi connectivity index (χ0n) is 19.8. The van der Waals surface area contributed by atoms with Gasteiger partial charge in [0.15, 0.2) is 0 Å². The van der Waals surface area contributed by atoms with Crippen molar-refractivity contribution in [1.82, 2.24) is 4.90 Å². The number of nitrogens with zero attached hydrogens (tertiary/aromatic N) is 2. The summed E-state index contributed by atoms with van der Waals surface area (Å²) in [7, 11) is 0. The van der Waals surface area contributed by atoms with E-state index in [-0.39, 0.29) is 0 Å². The topological polar surface area (TPSA) is 15.6 Å². The summed E-state index contributed by atoms with van der Waals surface area (Å²) in [5.41, 5.74) is 5.88. The van der Waals surface area contributed by atoms with Crippen LogP contribution in [0.25, 0.3) is 0 Å². The number of fused-ring (bicyclic) bond motifs is 1. The first-order valence-electron chi connectivity index (χ1n) is 12.4. The largest absolute Gasteiger partial charge is 0.367 e. The van der Waals surface area contributed by atoms with E-state index >= 15 is 0 Å². The molecule has 0 radical (unpaired) electrons. The molecule has 1 saturated carbocycles. The van der Waals surface area contributed by atoms with Crippen molar-refractivity contribution in [2.45, 2.75) is 89.9 Å². The first-order chi connectivity index (χ1) is 15.1. The molecule has 1 aliphatic carbocycles. The maximum Gasteiger partial charge on any atom is 0.0692 e. The highest BCUT2D eigenvalue weighted by atomic mass is 32.2. The lowest BCUT2D eigenvalue weighted by Gasteiger charge is -2.38. The maximum atomic E-state index is 4.89. The van der Waals surface area contributed by atoms with Crippen LogP contribution in [0.15, 0.2) is 62.7 Å². The molecule has 2 atom stereocenters. The first kappa shape index (κ1) is 22.7. The molecule has 4 rings (SSSR count). The van der Waals surface area contributed by atoms with E-state index in [0.29, 0.717) is 11.3 Å². The van der Waals surface area contributed by atoms with Crippen LogP contribution in [0.5, 0.6) is 0 Å². The number of aliphatic imine (C=N–C) groups is 1. The van der Waals surface area contributed by atoms with Crippen molar-refractivity contribution in [2.75, 3.05) is 13.1 Å². The quantitative estimate of drug-likeness (QED) is 0.325. The van der Waals surface area contributed by atoms with Gasteiger partial charge in [-0.25, -0.2) is 0 Å². The standard InChI is InChI=1S/C28H40N2S/c1-21(2)22(3)8-7-11-25-19-27-26(29-20-25)12-13-28(31-27)30-16-14-24(15-17-30)18-23-9-5-4-6-10-23/h7-8,13,18-20,24,26-27H,4-6,9-12,14-17H2,1-3H3. The van der Waals surface area contributed by atoms with Crippen LogP contribution in [0.3, 0.4) is 0 Å². The monoisotopic (exact) mass is 436 g/mol. The molecule has 2 unspecified atom stereocenters. The third kappa shape index (κ3) is 6.28. The summed E-state index contributed by atoms with van der Waals surface area (Å²) in [5, 5.41) is 2.01. The Morgan fingerprint density at radius 2 is 1.90 bits per heavy atom. The van der Waals surface area contributed by atoms with Gasteiger partial charge in [0.2, 0.25) is 0 Å². The molecule has 0 spiro atoms. The predicted octanol–water partition coefficient (Wildman–Crippen LogP) is 7.62. The summed E-state index contributed by atoms with van der Waals surface area (Å²) in [6, 6.07) is 0.426. The second-order valence-corrected chi connectivity index (χ2v) is 11.1. The molecule has 31 heavy (non-hydrogen) atoms. The summed E-state index contributed by atoms with van der Waals surface area (Å²) >= 11 is 2.06. The minimum absolute atomic E-state index is 0.426. The Bertz CT molecular complexity index is 806. The second kappa shape index (κ2) is 10.9. The zero-order chi connectivity index (χ0) is 21.6. The van der Waals surface area contributed by atoms with Crippen LogP contribution in [-0.4, -0.2) is 35.5 Å². The molecule has 3 heteroatoms. The highest BCUT2D eigenvalue weighted by molar-refractivity contribution is 8.03. The molecule has 0 bridgehead atoms. The number of dihydropyridines is 1. The fraction of sp³-hybridized carbons (Fsp3) is 0.607. The SMILES string of the molecule is CC(C)=C(C)C=CCC1=CC2SC(N3CCC(C=C4CCCCC4)CC3)=CCC2N=C1. The van der Waals surface area contributed by atoms with E-state index in [1.807, 2.05) is 0 Å². The zero-order valence-corrected chi connectivity index (χ0v) is 20.6. The summed E-state index contributed by atoms with van der Waals surface area (Å²) in [4.78, 5) is 7.54. The van der Waals surface area contributed by atoms with Crippen LogP contribution < -0.4 is 0 Å². The molecule has 0 aromatic rings. The third-order valence-corrected chi connectivity index (χ3v) is 8.70. The molecule has 2 nitrogen and oxygen atoms in total. The lowest BCUT2D eigenvalue weighted by Crippen LogP contribution is -2.35. The van der Waals surface area contributed by atoms with Crippen molar-refractivity contribution < 1.29 is 0 Å². The van der Waals surface area contributed by atoms with Crippen LogP contribution >= 0.6 is 11.8 Å². The Balaban J connectivity index is 1.30. The highest BCUT2D eigenvalue weighted by Gasteiger charge is 2.30. The van der Waals surface area contributed by atoms with E-state index < -0.39 is 0 Å². The van der Waals surface area contributed by atoms with E-state index in [0.717, 1.165) is 18.8 Å². The Kier molecular flexibility index (Phi) is 7.98. The molecule has 0 amide bonds. The fourth-order valence-electron chi connectivity index (χ4n) is 5.01. The van der Waals surface area contributed by atoms with Gasteiger partial charge in [-0.3, -0.25) is 4.99 Å². The normalized spacial score (nSPS) is 27.1. The number of hydrogen-bond donors (Lipinski definition) is 0. The minimum Gasteiger partial charge on any atom is -0.367 e. The second-order valence-electron chi connectivity index (χ2n) is 9.95. The molecule has 0 aromatic carbocycles. The van der Waals surface area contributed by atoms with Crippen LogP contribution in [0.4, 0.5) is 0 Å². The van der Waals surface area contributed by atoms with Gasteiger partial charge in [0.05, 0.1) is 16.3 Å². The van der Waals surface area contributed by atoms with Gasteiger partial charge in [-0.2, -0.15) is 0 Å². The number of thioether (sulfide) groups is 1. The smallest absolute Gasteiger partial charge is 0.0692 e. The minimum atomic E-state index is 0.426. The van der Waals surface area contributed by atoms with E-state index in [9.17, 15) is 0 Å². The number of hydrogen-bond acceptors (Lipinski definition) is 3. The molecular weight excluding hydrogens is 396 g/mol. The van der Waals surface area contributed by atoms with Gasteiger partial charge < -0.3 is 4.90 Å². The third-order valence-electron chi connectivity index (χ3n) is 7.31. The van der Waals surface area contributed by atoms with Gasteiger partial charge in [-0.15, -0.1) is 0 Å². The molecular formula is C28H40N2S. The molecule has 0 aromatic heterocycles. The maximum absolute atomic E-state index is 4.89. The van der Waals surface area contributed by atoms with Gasteiger partial charge in [-0.05, 0) is 83.6 Å². The van der Waals surface area contributed by atoms with E-state index in [2.05, 4.69) is 74.0 Å². The lowest BCUT2D eigenvalue weighted by atomic mass is 9.88. The molecule has 3 aliphatic heterocycles. The Labute approximate surface area is 194 Å². The molecule has 1 saturated heterocycles. The summed E-state index contributed by atoms with van der Waals surface area (Å²) in [6.45, 7) is 8.97. The fourth-order valence-corrected chi connectivity index (χ4v) is 6.40. The van der Waals surface area contributed by atoms with Crippen molar-refractivity contribution >= 4 is 18.0 Å². The predicted molar refractivity (Wildman–Crippen MR) is 138 cm³/mol. The van der Waals surface area contributed by atoms with Gasteiger partial charge in [0.25, 0.3) is 0 Å². The molecule has 4 aliphatic rings. The van der Waals surface area contributed by atoms with Crippen molar-refractivity contribution in [1.29, 1.82) is 0 Å². The van der Waals surface area contributed by atoms with Crippen molar-refractivity contribution in [3.8, 4) is 0 Å². The van der Waals surface area contributed by atoms with Crippen molar-refractivity contribution in [3.05, 3.63) is 57.7 Å². The van der Waals surface area contributed by atoms with Crippen LogP contribution in [0.1, 0.15) is 78.6 Å². The Hall–Kier alpha value is -1.48. The van der Waals surface area contributed by atoms with E-state index in [1.165, 1.54) is 79.8 Å². The summed E-state index contributed by atoms with van der Waals surface area (Å²) in [5.74, 6) is 0.813. The summed E-state index contributed by atoms with van der Waals surface area (Å²) < 4.78 is 0. The first-order valence-corrected chi connectivity index (χ1v) is 13.3. The number of rotatable bonds is 5. The number of allylic oxidation sites excluding steroid dienone is 7. The van der Waals surface area contributed by atoms with Gasteiger partial charge in [0, 0.05) is 19.3 Å². The Morgan fingerprint density at radius 3 is 2.65 bits per heavy atom. The average Bonchev–Trinajstić information content (AvgIpc) is 2.79. The molecule has 2 fully saturated rings. The number of likely N-dealkylation sites (tertiary alicyclic amines) is 1. The van der Waals surface area contributed by atoms with Gasteiger partial charge in [-0.1, -0.05) is 65.3 Å². The van der Waals surface area contributed by atoms with Crippen LogP contribution in [0, 0.1) is 5.92 Å². The van der Waals surface area contributed by atoms with Crippen molar-refractivity contribution in [2.24, 2.45) is 10.9 Å². The Morgan fingerprint density at radius 1 is 1.13 bits per heavy atom. The van der Waals surface area contributed by atoms with Crippen LogP contribution in [-0.2, 0) is 0 Å². The van der Waals surface area contributed by atoms with Crippen LogP contribution in [0.2, 0.25) is 0 Å². The molecule has 168 valence electrons. The summed E-state index contributed by atoms with van der Waals surface area (Å²) in [6.07, 6.45) is 26.0. The van der Waals surface area contributed by atoms with Gasteiger partial charge in [0.1, 0.15) is 0 Å². The van der Waals surface area contributed by atoms with Crippen molar-refractivity contribution in [3.63, 3.8) is 0 Å². The lowest BCUT2D eigenvalue weighted by molar-refractivity contribution is 0.263. The highest BCUT2D eigenvalue weighted by Crippen LogP contribution is 2.39. The van der Waals surface area contributed by atoms with Gasteiger partial charge >= 0.3 is 0 Å².